The minimum Gasteiger partial charge on any atom is -0.495 e. The average molecular weight is 367 g/mol. The molecule has 0 amide bonds. The molecule has 2 aliphatic heterocycles. The van der Waals surface area contributed by atoms with Crippen molar-refractivity contribution in [3.05, 3.63) is 23.2 Å². The molecule has 7 heteroatoms. The summed E-state index contributed by atoms with van der Waals surface area (Å²) >= 11 is 6.12. The van der Waals surface area contributed by atoms with E-state index in [1.54, 1.807) is 7.11 Å². The number of likely N-dealkylation sites (N-methyl/N-ethyl adjacent to an activating group) is 1. The number of halogens is 1. The van der Waals surface area contributed by atoms with Crippen molar-refractivity contribution in [2.75, 3.05) is 71.4 Å². The van der Waals surface area contributed by atoms with Gasteiger partial charge in [0.1, 0.15) is 11.9 Å². The Morgan fingerprint density at radius 1 is 1.04 bits per heavy atom. The molecule has 1 atom stereocenters. The predicted octanol–water partition coefficient (Wildman–Crippen LogP) is 1.24. The lowest BCUT2D eigenvalue weighted by Crippen LogP contribution is -2.60. The van der Waals surface area contributed by atoms with Crippen LogP contribution in [0.3, 0.4) is 0 Å². The summed E-state index contributed by atoms with van der Waals surface area (Å²) in [6.45, 7) is 7.49. The first-order valence-electron chi connectivity index (χ1n) is 8.83. The lowest BCUT2D eigenvalue weighted by Gasteiger charge is -2.44. The summed E-state index contributed by atoms with van der Waals surface area (Å²) in [6, 6.07) is 5.88. The number of hydrogen-bond donors (Lipinski definition) is 0. The lowest BCUT2D eigenvalue weighted by molar-refractivity contribution is -0.120. The zero-order valence-corrected chi connectivity index (χ0v) is 15.8. The average Bonchev–Trinajstić information content (AvgIpc) is 2.65. The van der Waals surface area contributed by atoms with Crippen LogP contribution in [0.5, 0.6) is 5.75 Å². The number of benzene rings is 1. The molecule has 2 aliphatic rings. The molecule has 0 saturated carbocycles. The molecule has 6 nitrogen and oxygen atoms in total. The molecule has 2 heterocycles. The second-order valence-corrected chi connectivity index (χ2v) is 7.14. The molecule has 138 valence electrons. The first kappa shape index (κ1) is 18.5. The van der Waals surface area contributed by atoms with Crippen LogP contribution < -0.4 is 9.64 Å². The van der Waals surface area contributed by atoms with Gasteiger partial charge in [0.15, 0.2) is 6.29 Å². The zero-order valence-electron chi connectivity index (χ0n) is 15.0. The van der Waals surface area contributed by atoms with E-state index >= 15 is 0 Å². The molecule has 2 saturated heterocycles. The van der Waals surface area contributed by atoms with Crippen LogP contribution in [0.2, 0.25) is 5.02 Å². The Hall–Kier alpha value is -1.34. The summed E-state index contributed by atoms with van der Waals surface area (Å²) in [7, 11) is 3.76. The van der Waals surface area contributed by atoms with Gasteiger partial charge in [-0.05, 0) is 19.2 Å². The van der Waals surface area contributed by atoms with Crippen molar-refractivity contribution in [3.63, 3.8) is 0 Å². The van der Waals surface area contributed by atoms with Gasteiger partial charge in [0.2, 0.25) is 0 Å². The van der Waals surface area contributed by atoms with Crippen molar-refractivity contribution in [2.45, 2.75) is 6.17 Å². The Morgan fingerprint density at radius 3 is 2.20 bits per heavy atom. The molecule has 0 bridgehead atoms. The molecular formula is C18H27ClN4O2. The van der Waals surface area contributed by atoms with E-state index in [9.17, 15) is 4.79 Å². The number of hydrogen-bond acceptors (Lipinski definition) is 6. The smallest absolute Gasteiger partial charge is 0.151 e. The first-order chi connectivity index (χ1) is 12.1. The summed E-state index contributed by atoms with van der Waals surface area (Å²) in [5, 5.41) is 0.626. The molecule has 0 aliphatic carbocycles. The number of aldehydes is 1. The molecule has 0 radical (unpaired) electrons. The van der Waals surface area contributed by atoms with Crippen molar-refractivity contribution in [1.82, 2.24) is 14.7 Å². The van der Waals surface area contributed by atoms with Crippen LogP contribution in [0.15, 0.2) is 18.2 Å². The SMILES string of the molecule is COc1cc(N2CCN(C(C=O)N3CCN(C)CC3)CC2)ccc1Cl. The Labute approximate surface area is 154 Å². The third-order valence-corrected chi connectivity index (χ3v) is 5.53. The van der Waals surface area contributed by atoms with Crippen molar-refractivity contribution in [1.29, 1.82) is 0 Å². The van der Waals surface area contributed by atoms with E-state index in [2.05, 4.69) is 26.6 Å². The molecule has 0 aromatic heterocycles. The van der Waals surface area contributed by atoms with Gasteiger partial charge < -0.3 is 19.3 Å². The Balaban J connectivity index is 1.60. The van der Waals surface area contributed by atoms with E-state index in [1.807, 2.05) is 18.2 Å². The third-order valence-electron chi connectivity index (χ3n) is 5.22. The van der Waals surface area contributed by atoms with Crippen LogP contribution in [-0.2, 0) is 4.79 Å². The highest BCUT2D eigenvalue weighted by Gasteiger charge is 2.30. The second-order valence-electron chi connectivity index (χ2n) is 6.73. The van der Waals surface area contributed by atoms with Crippen LogP contribution in [0.4, 0.5) is 5.69 Å². The number of rotatable bonds is 5. The Kier molecular flexibility index (Phi) is 6.17. The summed E-state index contributed by atoms with van der Waals surface area (Å²) in [5.41, 5.74) is 1.11. The molecular weight excluding hydrogens is 340 g/mol. The molecule has 0 spiro atoms. The maximum absolute atomic E-state index is 11.7. The quantitative estimate of drug-likeness (QED) is 0.730. The second kappa shape index (κ2) is 8.36. The van der Waals surface area contributed by atoms with Crippen LogP contribution >= 0.6 is 11.6 Å². The maximum Gasteiger partial charge on any atom is 0.151 e. The van der Waals surface area contributed by atoms with Gasteiger partial charge in [-0.1, -0.05) is 11.6 Å². The molecule has 25 heavy (non-hydrogen) atoms. The van der Waals surface area contributed by atoms with Gasteiger partial charge in [-0.3, -0.25) is 9.80 Å². The lowest BCUT2D eigenvalue weighted by atomic mass is 10.2. The van der Waals surface area contributed by atoms with Crippen LogP contribution in [0.1, 0.15) is 0 Å². The number of nitrogens with zero attached hydrogens (tertiary/aromatic N) is 4. The molecule has 1 aromatic rings. The minimum absolute atomic E-state index is 0.101. The normalized spacial score (nSPS) is 22.0. The first-order valence-corrected chi connectivity index (χ1v) is 9.20. The molecule has 3 rings (SSSR count). The van der Waals surface area contributed by atoms with Gasteiger partial charge >= 0.3 is 0 Å². The van der Waals surface area contributed by atoms with E-state index in [0.717, 1.165) is 64.3 Å². The number of methoxy groups -OCH3 is 1. The van der Waals surface area contributed by atoms with Gasteiger partial charge in [0.05, 0.1) is 12.1 Å². The van der Waals surface area contributed by atoms with Gasteiger partial charge in [-0.2, -0.15) is 0 Å². The predicted molar refractivity (Wildman–Crippen MR) is 101 cm³/mol. The Morgan fingerprint density at radius 2 is 1.64 bits per heavy atom. The Bertz CT molecular complexity index is 584. The van der Waals surface area contributed by atoms with Crippen LogP contribution in [-0.4, -0.2) is 93.7 Å². The zero-order chi connectivity index (χ0) is 17.8. The van der Waals surface area contributed by atoms with E-state index in [-0.39, 0.29) is 6.17 Å². The monoisotopic (exact) mass is 366 g/mol. The van der Waals surface area contributed by atoms with Gasteiger partial charge in [-0.25, -0.2) is 0 Å². The fraction of sp³-hybridized carbons (Fsp3) is 0.611. The highest BCUT2D eigenvalue weighted by molar-refractivity contribution is 6.32. The third kappa shape index (κ3) is 4.26. The summed E-state index contributed by atoms with van der Waals surface area (Å²) in [5.74, 6) is 0.699. The number of carbonyl (C=O) groups is 1. The largest absolute Gasteiger partial charge is 0.495 e. The standard InChI is InChI=1S/C18H27ClN4O2/c1-20-5-7-22(8-6-20)18(14-24)23-11-9-21(10-12-23)15-3-4-16(19)17(13-15)25-2/h3-4,13-14,18H,5-12H2,1-2H3. The van der Waals surface area contributed by atoms with Gasteiger partial charge in [0.25, 0.3) is 0 Å². The number of carbonyl (C=O) groups excluding carboxylic acids is 1. The fourth-order valence-electron chi connectivity index (χ4n) is 3.58. The molecule has 2 fully saturated rings. The van der Waals surface area contributed by atoms with Gasteiger partial charge in [-0.15, -0.1) is 0 Å². The topological polar surface area (TPSA) is 39.3 Å². The molecule has 1 aromatic carbocycles. The number of piperazine rings is 2. The van der Waals surface area contributed by atoms with Crippen molar-refractivity contribution in [3.8, 4) is 5.75 Å². The van der Waals surface area contributed by atoms with Crippen molar-refractivity contribution < 1.29 is 9.53 Å². The summed E-state index contributed by atoms with van der Waals surface area (Å²) in [6.07, 6.45) is 1.00. The summed E-state index contributed by atoms with van der Waals surface area (Å²) < 4.78 is 5.32. The number of anilines is 1. The van der Waals surface area contributed by atoms with Crippen LogP contribution in [0, 0.1) is 0 Å². The van der Waals surface area contributed by atoms with Crippen molar-refractivity contribution in [2.24, 2.45) is 0 Å². The summed E-state index contributed by atoms with van der Waals surface area (Å²) in [4.78, 5) is 20.9. The van der Waals surface area contributed by atoms with Crippen molar-refractivity contribution >= 4 is 23.6 Å². The van der Waals surface area contributed by atoms with Gasteiger partial charge in [0, 0.05) is 64.1 Å². The minimum atomic E-state index is -0.101. The fourth-order valence-corrected chi connectivity index (χ4v) is 3.77. The van der Waals surface area contributed by atoms with E-state index in [4.69, 9.17) is 16.3 Å². The number of ether oxygens (including phenoxy) is 1. The van der Waals surface area contributed by atoms with E-state index in [1.165, 1.54) is 0 Å². The van der Waals surface area contributed by atoms with E-state index in [0.29, 0.717) is 10.8 Å². The molecule has 0 N–H and O–H groups in total. The highest BCUT2D eigenvalue weighted by Crippen LogP contribution is 2.30. The maximum atomic E-state index is 11.7. The highest BCUT2D eigenvalue weighted by atomic mass is 35.5. The van der Waals surface area contributed by atoms with Crippen LogP contribution in [0.25, 0.3) is 0 Å². The molecule has 1 unspecified atom stereocenters. The van der Waals surface area contributed by atoms with E-state index < -0.39 is 0 Å².